The first-order chi connectivity index (χ1) is 7.14. The van der Waals surface area contributed by atoms with Crippen LogP contribution in [0.4, 0.5) is 4.39 Å². The third-order valence-corrected chi connectivity index (χ3v) is 2.05. The van der Waals surface area contributed by atoms with Gasteiger partial charge < -0.3 is 14.7 Å². The average molecular weight is 235 g/mol. The van der Waals surface area contributed by atoms with Gasteiger partial charge in [-0.25, -0.2) is 9.18 Å². The van der Waals surface area contributed by atoms with Crippen molar-refractivity contribution in [2.75, 3.05) is 20.2 Å². The van der Waals surface area contributed by atoms with Crippen LogP contribution in [0.15, 0.2) is 0 Å². The molecule has 0 saturated carbocycles. The molecule has 1 aliphatic rings. The quantitative estimate of drug-likeness (QED) is 0.715. The second-order valence-electron chi connectivity index (χ2n) is 4.60. The minimum Gasteiger partial charge on any atom is -0.479 e. The van der Waals surface area contributed by atoms with Gasteiger partial charge in [0.25, 0.3) is 0 Å². The first-order valence-electron chi connectivity index (χ1n) is 4.81. The van der Waals surface area contributed by atoms with Crippen molar-refractivity contribution in [3.05, 3.63) is 0 Å². The number of alkyl halides is 1. The van der Waals surface area contributed by atoms with Gasteiger partial charge in [-0.15, -0.1) is 0 Å². The zero-order chi connectivity index (χ0) is 13.0. The number of ether oxygens (including phenoxy) is 1. The monoisotopic (exact) mass is 235 g/mol. The molecule has 0 bridgehead atoms. The van der Waals surface area contributed by atoms with E-state index in [-0.39, 0.29) is 18.7 Å². The highest BCUT2D eigenvalue weighted by Gasteiger charge is 2.50. The van der Waals surface area contributed by atoms with Crippen molar-refractivity contribution in [3.8, 4) is 0 Å². The second-order valence-corrected chi connectivity index (χ2v) is 4.60. The number of carbonyl (C=O) groups is 2. The number of hydrogen-bond donors (Lipinski definition) is 1. The van der Waals surface area contributed by atoms with Crippen molar-refractivity contribution in [1.82, 2.24) is 4.90 Å². The van der Waals surface area contributed by atoms with Gasteiger partial charge >= 0.3 is 5.97 Å². The molecule has 6 heteroatoms. The van der Waals surface area contributed by atoms with E-state index in [9.17, 15) is 14.0 Å². The van der Waals surface area contributed by atoms with Crippen LogP contribution < -0.4 is 0 Å². The fourth-order valence-electron chi connectivity index (χ4n) is 0.807. The molecule has 0 aromatic carbocycles. The summed E-state index contributed by atoms with van der Waals surface area (Å²) in [5.74, 6) is -1.49. The lowest BCUT2D eigenvalue weighted by atomic mass is 9.98. The summed E-state index contributed by atoms with van der Waals surface area (Å²) in [6, 6.07) is 0. The standard InChI is InChI=1S/C5H6FNO3.C5H12O/c6-5(4(9)10)1-7(2-5)3-8;1-5(2,3)6-4/h3H,1-2H2,(H,9,10);1-4H3. The number of likely N-dealkylation sites (tertiary alicyclic amines) is 1. The summed E-state index contributed by atoms with van der Waals surface area (Å²) in [7, 11) is 1.71. The lowest BCUT2D eigenvalue weighted by molar-refractivity contribution is -0.165. The van der Waals surface area contributed by atoms with Crippen LogP contribution in [0.1, 0.15) is 20.8 Å². The maximum absolute atomic E-state index is 12.7. The maximum atomic E-state index is 12.7. The van der Waals surface area contributed by atoms with Crippen molar-refractivity contribution in [2.24, 2.45) is 0 Å². The van der Waals surface area contributed by atoms with E-state index in [4.69, 9.17) is 9.84 Å². The molecule has 0 aliphatic carbocycles. The van der Waals surface area contributed by atoms with E-state index in [0.29, 0.717) is 6.41 Å². The molecule has 0 unspecified atom stereocenters. The van der Waals surface area contributed by atoms with Crippen LogP contribution in [-0.2, 0) is 14.3 Å². The van der Waals surface area contributed by atoms with E-state index < -0.39 is 11.6 Å². The van der Waals surface area contributed by atoms with Crippen LogP contribution in [0, 0.1) is 0 Å². The lowest BCUT2D eigenvalue weighted by Crippen LogP contribution is -2.62. The van der Waals surface area contributed by atoms with Crippen molar-refractivity contribution in [3.63, 3.8) is 0 Å². The highest BCUT2D eigenvalue weighted by atomic mass is 19.1. The molecule has 1 fully saturated rings. The van der Waals surface area contributed by atoms with Crippen LogP contribution in [0.2, 0.25) is 0 Å². The number of carboxylic acid groups (broad SMARTS) is 1. The van der Waals surface area contributed by atoms with Gasteiger partial charge in [-0.3, -0.25) is 4.79 Å². The van der Waals surface area contributed by atoms with Crippen molar-refractivity contribution in [1.29, 1.82) is 0 Å². The summed E-state index contributed by atoms with van der Waals surface area (Å²) in [5, 5.41) is 8.19. The molecular weight excluding hydrogens is 217 g/mol. The second kappa shape index (κ2) is 5.25. The fraction of sp³-hybridized carbons (Fsp3) is 0.800. The van der Waals surface area contributed by atoms with Crippen LogP contribution >= 0.6 is 0 Å². The summed E-state index contributed by atoms with van der Waals surface area (Å²) in [5.41, 5.74) is -2.15. The molecule has 94 valence electrons. The third-order valence-electron chi connectivity index (χ3n) is 2.05. The molecule has 16 heavy (non-hydrogen) atoms. The molecule has 0 aromatic rings. The van der Waals surface area contributed by atoms with E-state index in [1.807, 2.05) is 20.8 Å². The summed E-state index contributed by atoms with van der Waals surface area (Å²) in [6.45, 7) is 5.41. The highest BCUT2D eigenvalue weighted by molar-refractivity contribution is 5.80. The molecule has 5 nitrogen and oxygen atoms in total. The van der Waals surface area contributed by atoms with Crippen LogP contribution in [0.25, 0.3) is 0 Å². The number of nitrogens with zero attached hydrogens (tertiary/aromatic N) is 1. The third kappa shape index (κ3) is 4.57. The number of aliphatic carboxylic acids is 1. The average Bonchev–Trinajstić information content (AvgIpc) is 2.12. The molecule has 0 spiro atoms. The van der Waals surface area contributed by atoms with Gasteiger partial charge in [0.15, 0.2) is 0 Å². The van der Waals surface area contributed by atoms with Crippen LogP contribution in [0.3, 0.4) is 0 Å². The minimum atomic E-state index is -2.19. The molecule has 1 heterocycles. The molecule has 1 N–H and O–H groups in total. The molecule has 0 atom stereocenters. The lowest BCUT2D eigenvalue weighted by Gasteiger charge is -2.38. The van der Waals surface area contributed by atoms with Crippen LogP contribution in [-0.4, -0.2) is 53.9 Å². The van der Waals surface area contributed by atoms with Gasteiger partial charge in [0.05, 0.1) is 18.7 Å². The number of rotatable bonds is 2. The highest BCUT2D eigenvalue weighted by Crippen LogP contribution is 2.23. The predicted octanol–water partition coefficient (Wildman–Crippen LogP) is 0.683. The van der Waals surface area contributed by atoms with Crippen LogP contribution in [0.5, 0.6) is 0 Å². The summed E-state index contributed by atoms with van der Waals surface area (Å²) < 4.78 is 17.6. The van der Waals surface area contributed by atoms with Crippen molar-refractivity contribution >= 4 is 12.4 Å². The molecule has 1 amide bonds. The van der Waals surface area contributed by atoms with Gasteiger partial charge in [0.2, 0.25) is 12.1 Å². The number of carboxylic acids is 1. The summed E-state index contributed by atoms with van der Waals surface area (Å²) in [6.07, 6.45) is 0.431. The van der Waals surface area contributed by atoms with Crippen molar-refractivity contribution < 1.29 is 23.8 Å². The molecular formula is C10H18FNO4. The zero-order valence-electron chi connectivity index (χ0n) is 9.99. The van der Waals surface area contributed by atoms with E-state index in [2.05, 4.69) is 0 Å². The summed E-state index contributed by atoms with van der Waals surface area (Å²) >= 11 is 0. The van der Waals surface area contributed by atoms with Crippen molar-refractivity contribution in [2.45, 2.75) is 32.0 Å². The van der Waals surface area contributed by atoms with Gasteiger partial charge in [0, 0.05) is 7.11 Å². The number of methoxy groups -OCH3 is 1. The Morgan fingerprint density at radius 1 is 1.50 bits per heavy atom. The van der Waals surface area contributed by atoms with E-state index in [1.165, 1.54) is 0 Å². The smallest absolute Gasteiger partial charge is 0.345 e. The maximum Gasteiger partial charge on any atom is 0.345 e. The largest absolute Gasteiger partial charge is 0.479 e. The van der Waals surface area contributed by atoms with Gasteiger partial charge in [-0.1, -0.05) is 0 Å². The Kier molecular flexibility index (Phi) is 4.86. The Morgan fingerprint density at radius 3 is 2.06 bits per heavy atom. The Hall–Kier alpha value is -1.17. The van der Waals surface area contributed by atoms with E-state index in [1.54, 1.807) is 7.11 Å². The molecule has 1 saturated heterocycles. The summed E-state index contributed by atoms with van der Waals surface area (Å²) in [4.78, 5) is 21.0. The number of halogens is 1. The number of hydrogen-bond acceptors (Lipinski definition) is 3. The number of carbonyl (C=O) groups excluding carboxylic acids is 1. The molecule has 1 aliphatic heterocycles. The van der Waals surface area contributed by atoms with Gasteiger partial charge in [-0.05, 0) is 20.8 Å². The predicted molar refractivity (Wildman–Crippen MR) is 55.9 cm³/mol. The Morgan fingerprint density at radius 2 is 1.88 bits per heavy atom. The first kappa shape index (κ1) is 14.8. The number of amides is 1. The van der Waals surface area contributed by atoms with Gasteiger partial charge in [-0.2, -0.15) is 0 Å². The van der Waals surface area contributed by atoms with E-state index in [0.717, 1.165) is 4.90 Å². The van der Waals surface area contributed by atoms with Gasteiger partial charge in [0.1, 0.15) is 0 Å². The van der Waals surface area contributed by atoms with E-state index >= 15 is 0 Å². The zero-order valence-corrected chi connectivity index (χ0v) is 9.99. The first-order valence-corrected chi connectivity index (χ1v) is 4.81. The fourth-order valence-corrected chi connectivity index (χ4v) is 0.807. The normalized spacial score (nSPS) is 17.9. The molecule has 0 aromatic heterocycles. The topological polar surface area (TPSA) is 66.8 Å². The molecule has 1 rings (SSSR count). The Bertz CT molecular complexity index is 256. The Balaban J connectivity index is 0.000000325. The Labute approximate surface area is 94.2 Å². The molecule has 0 radical (unpaired) electrons. The SMILES string of the molecule is COC(C)(C)C.O=CN1CC(F)(C(=O)O)C1. The minimum absolute atomic E-state index is 0.0417.